The zero-order valence-corrected chi connectivity index (χ0v) is 10.8. The van der Waals surface area contributed by atoms with Crippen molar-refractivity contribution in [1.82, 2.24) is 10.6 Å². The SMILES string of the molecule is CC[C@H](C)NC(=O)NCCCO[C@@H]1CCOC1. The molecule has 1 rings (SSSR count). The average molecular weight is 244 g/mol. The van der Waals surface area contributed by atoms with Crippen molar-refractivity contribution >= 4 is 6.03 Å². The van der Waals surface area contributed by atoms with Crippen molar-refractivity contribution in [2.75, 3.05) is 26.4 Å². The number of ether oxygens (including phenoxy) is 2. The normalized spacial score (nSPS) is 21.2. The largest absolute Gasteiger partial charge is 0.379 e. The van der Waals surface area contributed by atoms with Gasteiger partial charge in [0.05, 0.1) is 12.7 Å². The van der Waals surface area contributed by atoms with E-state index in [0.29, 0.717) is 19.8 Å². The van der Waals surface area contributed by atoms with Crippen LogP contribution in [0.5, 0.6) is 0 Å². The Morgan fingerprint density at radius 2 is 2.41 bits per heavy atom. The molecule has 0 aromatic carbocycles. The van der Waals surface area contributed by atoms with E-state index in [-0.39, 0.29) is 18.2 Å². The van der Waals surface area contributed by atoms with Crippen LogP contribution in [0.4, 0.5) is 4.79 Å². The van der Waals surface area contributed by atoms with Crippen LogP contribution in [-0.2, 0) is 9.47 Å². The smallest absolute Gasteiger partial charge is 0.314 e. The molecule has 0 aromatic heterocycles. The molecule has 1 heterocycles. The quantitative estimate of drug-likeness (QED) is 0.663. The maximum absolute atomic E-state index is 11.3. The second-order valence-corrected chi connectivity index (χ2v) is 4.42. The summed E-state index contributed by atoms with van der Waals surface area (Å²) in [5.41, 5.74) is 0. The lowest BCUT2D eigenvalue weighted by Gasteiger charge is -2.13. The highest BCUT2D eigenvalue weighted by Gasteiger charge is 2.15. The average Bonchev–Trinajstić information content (AvgIpc) is 2.81. The summed E-state index contributed by atoms with van der Waals surface area (Å²) in [5, 5.41) is 5.66. The van der Waals surface area contributed by atoms with Crippen LogP contribution in [-0.4, -0.2) is 44.5 Å². The molecular formula is C12H24N2O3. The predicted octanol–water partition coefficient (Wildman–Crippen LogP) is 1.28. The van der Waals surface area contributed by atoms with Crippen LogP contribution in [0.15, 0.2) is 0 Å². The molecule has 0 spiro atoms. The van der Waals surface area contributed by atoms with E-state index < -0.39 is 0 Å². The second kappa shape index (κ2) is 8.31. The van der Waals surface area contributed by atoms with Crippen molar-refractivity contribution in [2.45, 2.75) is 45.3 Å². The Balaban J connectivity index is 1.90. The molecule has 1 aliphatic heterocycles. The summed E-state index contributed by atoms with van der Waals surface area (Å²) in [6, 6.07) is 0.130. The molecule has 1 fully saturated rings. The summed E-state index contributed by atoms with van der Waals surface area (Å²) in [5.74, 6) is 0. The Kier molecular flexibility index (Phi) is 6.96. The minimum absolute atomic E-state index is 0.0939. The number of carbonyl (C=O) groups excluding carboxylic acids is 1. The third kappa shape index (κ3) is 6.48. The standard InChI is InChI=1S/C12H24N2O3/c1-3-10(2)14-12(15)13-6-4-7-17-11-5-8-16-9-11/h10-11H,3-9H2,1-2H3,(H2,13,14,15)/t10-,11+/m0/s1. The lowest BCUT2D eigenvalue weighted by molar-refractivity contribution is 0.0418. The van der Waals surface area contributed by atoms with Crippen molar-refractivity contribution < 1.29 is 14.3 Å². The van der Waals surface area contributed by atoms with Gasteiger partial charge in [-0.1, -0.05) is 6.92 Å². The van der Waals surface area contributed by atoms with Gasteiger partial charge in [0.2, 0.25) is 0 Å². The molecule has 0 radical (unpaired) electrons. The Hall–Kier alpha value is -0.810. The molecule has 0 saturated carbocycles. The first-order chi connectivity index (χ1) is 8.22. The van der Waals surface area contributed by atoms with Gasteiger partial charge in [-0.3, -0.25) is 0 Å². The monoisotopic (exact) mass is 244 g/mol. The fourth-order valence-corrected chi connectivity index (χ4v) is 1.55. The maximum Gasteiger partial charge on any atom is 0.314 e. The number of nitrogens with one attached hydrogen (secondary N) is 2. The number of rotatable bonds is 7. The molecule has 0 aliphatic carbocycles. The predicted molar refractivity (Wildman–Crippen MR) is 66.1 cm³/mol. The van der Waals surface area contributed by atoms with Crippen molar-refractivity contribution in [3.05, 3.63) is 0 Å². The minimum Gasteiger partial charge on any atom is -0.379 e. The third-order valence-electron chi connectivity index (χ3n) is 2.84. The molecule has 2 amide bonds. The molecule has 2 atom stereocenters. The first-order valence-electron chi connectivity index (χ1n) is 6.46. The molecule has 5 heteroatoms. The van der Waals surface area contributed by atoms with Gasteiger partial charge in [-0.15, -0.1) is 0 Å². The summed E-state index contributed by atoms with van der Waals surface area (Å²) in [6.07, 6.45) is 3.02. The van der Waals surface area contributed by atoms with Gasteiger partial charge in [0, 0.05) is 25.8 Å². The van der Waals surface area contributed by atoms with Gasteiger partial charge < -0.3 is 20.1 Å². The van der Waals surface area contributed by atoms with E-state index in [0.717, 1.165) is 25.9 Å². The van der Waals surface area contributed by atoms with Crippen LogP contribution >= 0.6 is 0 Å². The van der Waals surface area contributed by atoms with Gasteiger partial charge in [0.25, 0.3) is 0 Å². The first-order valence-corrected chi connectivity index (χ1v) is 6.46. The minimum atomic E-state index is -0.0939. The summed E-state index contributed by atoms with van der Waals surface area (Å²) in [4.78, 5) is 11.3. The third-order valence-corrected chi connectivity index (χ3v) is 2.84. The summed E-state index contributed by atoms with van der Waals surface area (Å²) in [6.45, 7) is 6.88. The summed E-state index contributed by atoms with van der Waals surface area (Å²) in [7, 11) is 0. The van der Waals surface area contributed by atoms with Gasteiger partial charge in [-0.2, -0.15) is 0 Å². The molecule has 0 bridgehead atoms. The highest BCUT2D eigenvalue weighted by atomic mass is 16.5. The molecule has 100 valence electrons. The van der Waals surface area contributed by atoms with E-state index in [9.17, 15) is 4.79 Å². The zero-order chi connectivity index (χ0) is 12.5. The molecule has 1 aliphatic rings. The van der Waals surface area contributed by atoms with Crippen molar-refractivity contribution in [2.24, 2.45) is 0 Å². The second-order valence-electron chi connectivity index (χ2n) is 4.42. The van der Waals surface area contributed by atoms with Gasteiger partial charge in [0.1, 0.15) is 0 Å². The fraction of sp³-hybridized carbons (Fsp3) is 0.917. The topological polar surface area (TPSA) is 59.6 Å². The summed E-state index contributed by atoms with van der Waals surface area (Å²) < 4.78 is 10.8. The highest BCUT2D eigenvalue weighted by Crippen LogP contribution is 2.07. The van der Waals surface area contributed by atoms with Crippen LogP contribution in [0, 0.1) is 0 Å². The Morgan fingerprint density at radius 3 is 3.06 bits per heavy atom. The van der Waals surface area contributed by atoms with Gasteiger partial charge in [-0.25, -0.2) is 4.79 Å². The van der Waals surface area contributed by atoms with Gasteiger partial charge >= 0.3 is 6.03 Å². The molecule has 0 aromatic rings. The molecule has 17 heavy (non-hydrogen) atoms. The van der Waals surface area contributed by atoms with Crippen LogP contribution in [0.25, 0.3) is 0 Å². The molecule has 2 N–H and O–H groups in total. The first kappa shape index (κ1) is 14.3. The zero-order valence-electron chi connectivity index (χ0n) is 10.8. The number of urea groups is 1. The van der Waals surface area contributed by atoms with Crippen molar-refractivity contribution in [3.8, 4) is 0 Å². The Bertz CT molecular complexity index is 218. The van der Waals surface area contributed by atoms with E-state index >= 15 is 0 Å². The fourth-order valence-electron chi connectivity index (χ4n) is 1.55. The van der Waals surface area contributed by atoms with Crippen molar-refractivity contribution in [3.63, 3.8) is 0 Å². The summed E-state index contributed by atoms with van der Waals surface area (Å²) >= 11 is 0. The van der Waals surface area contributed by atoms with Gasteiger partial charge in [0.15, 0.2) is 0 Å². The van der Waals surface area contributed by atoms with Crippen LogP contribution in [0.2, 0.25) is 0 Å². The highest BCUT2D eigenvalue weighted by molar-refractivity contribution is 5.74. The van der Waals surface area contributed by atoms with E-state index in [4.69, 9.17) is 9.47 Å². The number of amides is 2. The maximum atomic E-state index is 11.3. The van der Waals surface area contributed by atoms with Crippen LogP contribution in [0.1, 0.15) is 33.1 Å². The van der Waals surface area contributed by atoms with E-state index in [1.54, 1.807) is 0 Å². The van der Waals surface area contributed by atoms with Crippen molar-refractivity contribution in [1.29, 1.82) is 0 Å². The van der Waals surface area contributed by atoms with Gasteiger partial charge in [-0.05, 0) is 26.2 Å². The van der Waals surface area contributed by atoms with Crippen LogP contribution < -0.4 is 10.6 Å². The Morgan fingerprint density at radius 1 is 1.59 bits per heavy atom. The number of carbonyl (C=O) groups is 1. The van der Waals surface area contributed by atoms with E-state index in [2.05, 4.69) is 10.6 Å². The lowest BCUT2D eigenvalue weighted by atomic mass is 10.3. The van der Waals surface area contributed by atoms with E-state index in [1.165, 1.54) is 0 Å². The lowest BCUT2D eigenvalue weighted by Crippen LogP contribution is -2.41. The molecule has 1 saturated heterocycles. The Labute approximate surface area is 103 Å². The number of hydrogen-bond acceptors (Lipinski definition) is 3. The molecular weight excluding hydrogens is 220 g/mol. The number of hydrogen-bond donors (Lipinski definition) is 2. The van der Waals surface area contributed by atoms with Crippen LogP contribution in [0.3, 0.4) is 0 Å². The van der Waals surface area contributed by atoms with E-state index in [1.807, 2.05) is 13.8 Å². The molecule has 0 unspecified atom stereocenters. The molecule has 5 nitrogen and oxygen atoms in total.